The van der Waals surface area contributed by atoms with E-state index in [9.17, 15) is 9.18 Å². The molecular weight excluding hydrogens is 321 g/mol. The standard InChI is InChI=1S/C20H22FNO3/c1-24-18-10-5-14(11-19(18)25-2)17(12-20(23)22-16-8-9-16)13-3-6-15(21)7-4-13/h3-7,10-11,16-17H,8-9,12H2,1-2H3,(H,22,23). The van der Waals surface area contributed by atoms with E-state index in [0.717, 1.165) is 24.0 Å². The van der Waals surface area contributed by atoms with Crippen LogP contribution in [0, 0.1) is 5.82 Å². The molecule has 4 nitrogen and oxygen atoms in total. The molecule has 1 aliphatic carbocycles. The van der Waals surface area contributed by atoms with Gasteiger partial charge in [0.15, 0.2) is 11.5 Å². The molecule has 0 heterocycles. The van der Waals surface area contributed by atoms with Crippen molar-refractivity contribution in [3.8, 4) is 11.5 Å². The third-order valence-electron chi connectivity index (χ3n) is 4.41. The number of halogens is 1. The van der Waals surface area contributed by atoms with Gasteiger partial charge in [-0.2, -0.15) is 0 Å². The fourth-order valence-corrected chi connectivity index (χ4v) is 2.89. The maximum absolute atomic E-state index is 13.3. The molecule has 0 bridgehead atoms. The first-order valence-corrected chi connectivity index (χ1v) is 8.37. The van der Waals surface area contributed by atoms with Crippen molar-refractivity contribution in [1.29, 1.82) is 0 Å². The Morgan fingerprint density at radius 2 is 1.72 bits per heavy atom. The smallest absolute Gasteiger partial charge is 0.221 e. The van der Waals surface area contributed by atoms with E-state index in [-0.39, 0.29) is 17.6 Å². The summed E-state index contributed by atoms with van der Waals surface area (Å²) >= 11 is 0. The number of nitrogens with one attached hydrogen (secondary N) is 1. The van der Waals surface area contributed by atoms with Crippen molar-refractivity contribution in [2.45, 2.75) is 31.2 Å². The molecule has 2 aromatic rings. The number of hydrogen-bond acceptors (Lipinski definition) is 3. The summed E-state index contributed by atoms with van der Waals surface area (Å²) in [6.45, 7) is 0. The van der Waals surface area contributed by atoms with Crippen molar-refractivity contribution >= 4 is 5.91 Å². The Morgan fingerprint density at radius 1 is 1.08 bits per heavy atom. The number of rotatable bonds is 7. The van der Waals surface area contributed by atoms with Crippen LogP contribution in [0.15, 0.2) is 42.5 Å². The summed E-state index contributed by atoms with van der Waals surface area (Å²) in [4.78, 5) is 12.4. The number of carbonyl (C=O) groups excluding carboxylic acids is 1. The van der Waals surface area contributed by atoms with Gasteiger partial charge in [0.05, 0.1) is 14.2 Å². The maximum atomic E-state index is 13.3. The molecule has 0 radical (unpaired) electrons. The summed E-state index contributed by atoms with van der Waals surface area (Å²) in [5, 5.41) is 3.02. The number of hydrogen-bond donors (Lipinski definition) is 1. The maximum Gasteiger partial charge on any atom is 0.221 e. The highest BCUT2D eigenvalue weighted by molar-refractivity contribution is 5.78. The average Bonchev–Trinajstić information content (AvgIpc) is 3.44. The summed E-state index contributed by atoms with van der Waals surface area (Å²) < 4.78 is 24.0. The first kappa shape index (κ1) is 17.3. The van der Waals surface area contributed by atoms with E-state index >= 15 is 0 Å². The van der Waals surface area contributed by atoms with Gasteiger partial charge in [-0.15, -0.1) is 0 Å². The highest BCUT2D eigenvalue weighted by atomic mass is 19.1. The Labute approximate surface area is 147 Å². The number of ether oxygens (including phenoxy) is 2. The van der Waals surface area contributed by atoms with Crippen LogP contribution in [-0.4, -0.2) is 26.2 Å². The van der Waals surface area contributed by atoms with E-state index in [1.807, 2.05) is 18.2 Å². The minimum atomic E-state index is -0.294. The first-order valence-electron chi connectivity index (χ1n) is 8.37. The lowest BCUT2D eigenvalue weighted by Gasteiger charge is -2.19. The normalized spacial score (nSPS) is 14.7. The molecule has 0 saturated heterocycles. The predicted octanol–water partition coefficient (Wildman–Crippen LogP) is 3.64. The van der Waals surface area contributed by atoms with Crippen LogP contribution in [0.5, 0.6) is 11.5 Å². The molecule has 0 spiro atoms. The highest BCUT2D eigenvalue weighted by Gasteiger charge is 2.26. The lowest BCUT2D eigenvalue weighted by atomic mass is 9.88. The van der Waals surface area contributed by atoms with Gasteiger partial charge < -0.3 is 14.8 Å². The SMILES string of the molecule is COc1ccc(C(CC(=O)NC2CC2)c2ccc(F)cc2)cc1OC. The topological polar surface area (TPSA) is 47.6 Å². The van der Waals surface area contributed by atoms with Crippen molar-refractivity contribution < 1.29 is 18.7 Å². The molecule has 5 heteroatoms. The molecule has 1 amide bonds. The number of benzene rings is 2. The molecule has 1 N–H and O–H groups in total. The van der Waals surface area contributed by atoms with Crippen LogP contribution in [-0.2, 0) is 4.79 Å². The van der Waals surface area contributed by atoms with Gasteiger partial charge in [-0.05, 0) is 48.2 Å². The van der Waals surface area contributed by atoms with Crippen LogP contribution in [0.3, 0.4) is 0 Å². The van der Waals surface area contributed by atoms with Crippen LogP contribution in [0.1, 0.15) is 36.3 Å². The Balaban J connectivity index is 1.91. The summed E-state index contributed by atoms with van der Waals surface area (Å²) in [5.41, 5.74) is 1.81. The lowest BCUT2D eigenvalue weighted by Crippen LogP contribution is -2.27. The van der Waals surface area contributed by atoms with E-state index in [1.54, 1.807) is 26.4 Å². The van der Waals surface area contributed by atoms with Crippen LogP contribution in [0.25, 0.3) is 0 Å². The molecule has 25 heavy (non-hydrogen) atoms. The second-order valence-electron chi connectivity index (χ2n) is 6.26. The van der Waals surface area contributed by atoms with Crippen LogP contribution >= 0.6 is 0 Å². The van der Waals surface area contributed by atoms with E-state index in [0.29, 0.717) is 24.0 Å². The second kappa shape index (κ2) is 7.55. The molecule has 3 rings (SSSR count). The molecule has 1 atom stereocenters. The number of amides is 1. The summed E-state index contributed by atoms with van der Waals surface area (Å²) in [6, 6.07) is 12.2. The molecule has 0 aliphatic heterocycles. The van der Waals surface area contributed by atoms with Crippen molar-refractivity contribution in [3.63, 3.8) is 0 Å². The minimum Gasteiger partial charge on any atom is -0.493 e. The van der Waals surface area contributed by atoms with Gasteiger partial charge in [0.25, 0.3) is 0 Å². The molecule has 1 aliphatic rings. The highest BCUT2D eigenvalue weighted by Crippen LogP contribution is 2.35. The zero-order chi connectivity index (χ0) is 17.8. The molecule has 0 aromatic heterocycles. The molecule has 1 unspecified atom stereocenters. The first-order chi connectivity index (χ1) is 12.1. The van der Waals surface area contributed by atoms with Gasteiger partial charge in [0, 0.05) is 18.4 Å². The Kier molecular flexibility index (Phi) is 5.22. The quantitative estimate of drug-likeness (QED) is 0.835. The van der Waals surface area contributed by atoms with Gasteiger partial charge in [-0.1, -0.05) is 18.2 Å². The second-order valence-corrected chi connectivity index (χ2v) is 6.26. The monoisotopic (exact) mass is 343 g/mol. The van der Waals surface area contributed by atoms with Gasteiger partial charge >= 0.3 is 0 Å². The van der Waals surface area contributed by atoms with E-state index in [2.05, 4.69) is 5.32 Å². The largest absolute Gasteiger partial charge is 0.493 e. The van der Waals surface area contributed by atoms with E-state index in [1.165, 1.54) is 12.1 Å². The summed E-state index contributed by atoms with van der Waals surface area (Å²) in [7, 11) is 3.16. The lowest BCUT2D eigenvalue weighted by molar-refractivity contribution is -0.121. The molecule has 1 saturated carbocycles. The predicted molar refractivity (Wildman–Crippen MR) is 93.6 cm³/mol. The molecule has 1 fully saturated rings. The minimum absolute atomic E-state index is 0.00612. The fraction of sp³-hybridized carbons (Fsp3) is 0.350. The summed E-state index contributed by atoms with van der Waals surface area (Å²) in [6.07, 6.45) is 2.39. The Bertz CT molecular complexity index is 741. The van der Waals surface area contributed by atoms with E-state index in [4.69, 9.17) is 9.47 Å². The van der Waals surface area contributed by atoms with Crippen LogP contribution in [0.2, 0.25) is 0 Å². The molecule has 2 aromatic carbocycles. The van der Waals surface area contributed by atoms with Gasteiger partial charge in [-0.25, -0.2) is 4.39 Å². The van der Waals surface area contributed by atoms with Gasteiger partial charge in [0.2, 0.25) is 5.91 Å². The van der Waals surface area contributed by atoms with Crippen molar-refractivity contribution in [3.05, 3.63) is 59.4 Å². The Morgan fingerprint density at radius 3 is 2.32 bits per heavy atom. The fourth-order valence-electron chi connectivity index (χ4n) is 2.89. The zero-order valence-corrected chi connectivity index (χ0v) is 14.4. The third-order valence-corrected chi connectivity index (χ3v) is 4.41. The Hall–Kier alpha value is -2.56. The zero-order valence-electron chi connectivity index (χ0n) is 14.4. The molecular formula is C20H22FNO3. The van der Waals surface area contributed by atoms with Crippen LogP contribution < -0.4 is 14.8 Å². The van der Waals surface area contributed by atoms with E-state index < -0.39 is 0 Å². The third kappa shape index (κ3) is 4.29. The molecule has 132 valence electrons. The van der Waals surface area contributed by atoms with Crippen LogP contribution in [0.4, 0.5) is 4.39 Å². The number of carbonyl (C=O) groups is 1. The van der Waals surface area contributed by atoms with Crippen molar-refractivity contribution in [1.82, 2.24) is 5.32 Å². The summed E-state index contributed by atoms with van der Waals surface area (Å²) in [5.74, 6) is 0.768. The van der Waals surface area contributed by atoms with Gasteiger partial charge in [-0.3, -0.25) is 4.79 Å². The van der Waals surface area contributed by atoms with Crippen molar-refractivity contribution in [2.75, 3.05) is 14.2 Å². The van der Waals surface area contributed by atoms with Crippen molar-refractivity contribution in [2.24, 2.45) is 0 Å². The number of methoxy groups -OCH3 is 2. The average molecular weight is 343 g/mol. The van der Waals surface area contributed by atoms with Gasteiger partial charge in [0.1, 0.15) is 5.82 Å².